The van der Waals surface area contributed by atoms with Crippen molar-refractivity contribution in [1.82, 2.24) is 4.31 Å². The molecular formula is C25H21NO7S. The van der Waals surface area contributed by atoms with Crippen molar-refractivity contribution in [3.8, 4) is 11.5 Å². The highest BCUT2D eigenvalue weighted by atomic mass is 32.2. The highest BCUT2D eigenvalue weighted by molar-refractivity contribution is 7.89. The molecule has 3 aromatic rings. The molecule has 0 saturated carbocycles. The van der Waals surface area contributed by atoms with Crippen molar-refractivity contribution in [3.63, 3.8) is 0 Å². The van der Waals surface area contributed by atoms with Gasteiger partial charge in [-0.15, -0.1) is 0 Å². The molecule has 0 saturated heterocycles. The number of Topliss-reactive ketones (excluding diaryl/α,β-unsaturated/α-hetero) is 1. The Hall–Kier alpha value is -4.11. The van der Waals surface area contributed by atoms with Gasteiger partial charge in [-0.25, -0.2) is 13.2 Å². The van der Waals surface area contributed by atoms with Gasteiger partial charge in [0.05, 0.1) is 24.7 Å². The van der Waals surface area contributed by atoms with Crippen molar-refractivity contribution in [2.45, 2.75) is 4.90 Å². The van der Waals surface area contributed by atoms with Crippen molar-refractivity contribution in [1.29, 1.82) is 0 Å². The summed E-state index contributed by atoms with van der Waals surface area (Å²) in [5.74, 6) is -0.808. The Morgan fingerprint density at radius 3 is 2.12 bits per heavy atom. The normalized spacial score (nSPS) is 14.3. The number of sulfonamides is 1. The van der Waals surface area contributed by atoms with E-state index in [4.69, 9.17) is 14.2 Å². The van der Waals surface area contributed by atoms with Crippen LogP contribution in [0.25, 0.3) is 5.76 Å². The molecule has 0 atom stereocenters. The van der Waals surface area contributed by atoms with E-state index in [9.17, 15) is 18.0 Å². The van der Waals surface area contributed by atoms with Gasteiger partial charge in [0.1, 0.15) is 5.70 Å². The number of nitrogens with zero attached hydrogens (tertiary/aromatic N) is 1. The molecule has 34 heavy (non-hydrogen) atoms. The Balaban J connectivity index is 1.88. The number of likely N-dealkylation sites (N-methyl/N-ethyl adjacent to an activating group) is 1. The lowest BCUT2D eigenvalue weighted by atomic mass is 10.0. The van der Waals surface area contributed by atoms with E-state index in [1.54, 1.807) is 48.5 Å². The second kappa shape index (κ2) is 9.03. The number of carbonyl (C=O) groups excluding carboxylic acids is 2. The Morgan fingerprint density at radius 1 is 0.794 bits per heavy atom. The zero-order chi connectivity index (χ0) is 24.5. The number of methoxy groups -OCH3 is 2. The standard InChI is InChI=1S/C25H21NO7S/c1-26-22(23(27)16-9-5-4-6-10-16)24(18-11-7-8-12-21(18)34(26,29)30)33-25(28)17-13-14-19(31-2)20(15-17)32-3/h4-15H,1-3H3. The van der Waals surface area contributed by atoms with E-state index in [1.165, 1.54) is 45.5 Å². The number of carbonyl (C=O) groups is 2. The number of ether oxygens (including phenoxy) is 3. The minimum absolute atomic E-state index is 0.0720. The quantitative estimate of drug-likeness (QED) is 0.392. The van der Waals surface area contributed by atoms with Crippen LogP contribution in [-0.2, 0) is 14.8 Å². The summed E-state index contributed by atoms with van der Waals surface area (Å²) in [7, 11) is 0.110. The average Bonchev–Trinajstić information content (AvgIpc) is 2.87. The lowest BCUT2D eigenvalue weighted by Gasteiger charge is -2.30. The molecule has 0 aliphatic carbocycles. The topological polar surface area (TPSA) is 99.2 Å². The van der Waals surface area contributed by atoms with E-state index in [0.717, 1.165) is 4.31 Å². The first-order chi connectivity index (χ1) is 16.3. The van der Waals surface area contributed by atoms with Crippen LogP contribution in [0.1, 0.15) is 26.3 Å². The minimum Gasteiger partial charge on any atom is -0.493 e. The van der Waals surface area contributed by atoms with E-state index in [1.807, 2.05) is 0 Å². The number of benzene rings is 3. The number of hydrogen-bond donors (Lipinski definition) is 0. The number of esters is 1. The molecule has 0 unspecified atom stereocenters. The maximum absolute atomic E-state index is 13.4. The minimum atomic E-state index is -4.05. The summed E-state index contributed by atoms with van der Waals surface area (Å²) in [6.45, 7) is 0. The fraction of sp³-hybridized carbons (Fsp3) is 0.120. The summed E-state index contributed by atoms with van der Waals surface area (Å²) in [5.41, 5.74) is 0.233. The molecule has 3 aromatic carbocycles. The second-order valence-corrected chi connectivity index (χ2v) is 9.24. The van der Waals surface area contributed by atoms with Crippen LogP contribution in [0.5, 0.6) is 11.5 Å². The van der Waals surface area contributed by atoms with Gasteiger partial charge in [0, 0.05) is 18.2 Å². The molecule has 4 rings (SSSR count). The van der Waals surface area contributed by atoms with Crippen molar-refractivity contribution in [3.05, 3.63) is 95.2 Å². The maximum atomic E-state index is 13.4. The number of allylic oxidation sites excluding steroid dienone is 1. The van der Waals surface area contributed by atoms with Crippen LogP contribution in [-0.4, -0.2) is 45.7 Å². The van der Waals surface area contributed by atoms with E-state index >= 15 is 0 Å². The Labute approximate surface area is 197 Å². The van der Waals surface area contributed by atoms with Gasteiger partial charge in [-0.3, -0.25) is 9.10 Å². The SMILES string of the molecule is COc1ccc(C(=O)OC2=C(C(=O)c3ccccc3)N(C)S(=O)(=O)c3ccccc32)cc1OC. The molecule has 174 valence electrons. The third kappa shape index (κ3) is 3.90. The summed E-state index contributed by atoms with van der Waals surface area (Å²) in [4.78, 5) is 26.5. The molecule has 0 fully saturated rings. The van der Waals surface area contributed by atoms with Crippen molar-refractivity contribution in [2.75, 3.05) is 21.3 Å². The van der Waals surface area contributed by atoms with E-state index < -0.39 is 21.8 Å². The molecule has 1 heterocycles. The predicted molar refractivity (Wildman–Crippen MR) is 124 cm³/mol. The smallest absolute Gasteiger partial charge is 0.343 e. The molecule has 0 spiro atoms. The van der Waals surface area contributed by atoms with Gasteiger partial charge in [0.15, 0.2) is 17.3 Å². The second-order valence-electron chi connectivity index (χ2n) is 7.30. The van der Waals surface area contributed by atoms with Crippen LogP contribution in [0.3, 0.4) is 0 Å². The Bertz CT molecular complexity index is 1410. The third-order valence-electron chi connectivity index (χ3n) is 5.37. The zero-order valence-corrected chi connectivity index (χ0v) is 19.5. The highest BCUT2D eigenvalue weighted by Crippen LogP contribution is 2.38. The maximum Gasteiger partial charge on any atom is 0.343 e. The monoisotopic (exact) mass is 479 g/mol. The largest absolute Gasteiger partial charge is 0.493 e. The molecule has 0 radical (unpaired) electrons. The first-order valence-corrected chi connectivity index (χ1v) is 11.6. The molecule has 0 bridgehead atoms. The summed E-state index contributed by atoms with van der Waals surface area (Å²) >= 11 is 0. The molecule has 0 amide bonds. The van der Waals surface area contributed by atoms with Crippen LogP contribution >= 0.6 is 0 Å². The molecule has 8 nitrogen and oxygen atoms in total. The van der Waals surface area contributed by atoms with Gasteiger partial charge in [-0.1, -0.05) is 42.5 Å². The van der Waals surface area contributed by atoms with Crippen molar-refractivity contribution >= 4 is 27.5 Å². The molecule has 1 aliphatic heterocycles. The fourth-order valence-corrected chi connectivity index (χ4v) is 5.00. The lowest BCUT2D eigenvalue weighted by Crippen LogP contribution is -2.36. The first-order valence-electron chi connectivity index (χ1n) is 10.2. The van der Waals surface area contributed by atoms with Crippen molar-refractivity contribution < 1.29 is 32.2 Å². The Kier molecular flexibility index (Phi) is 6.12. The third-order valence-corrected chi connectivity index (χ3v) is 7.18. The van der Waals surface area contributed by atoms with Gasteiger partial charge in [-0.2, -0.15) is 0 Å². The van der Waals surface area contributed by atoms with Crippen LogP contribution in [0.2, 0.25) is 0 Å². The number of fused-ring (bicyclic) bond motifs is 1. The van der Waals surface area contributed by atoms with Gasteiger partial charge in [0.25, 0.3) is 10.0 Å². The summed E-state index contributed by atoms with van der Waals surface area (Å²) in [6, 6.07) is 18.7. The summed E-state index contributed by atoms with van der Waals surface area (Å²) < 4.78 is 43.4. The van der Waals surface area contributed by atoms with Crippen LogP contribution < -0.4 is 9.47 Å². The number of rotatable bonds is 6. The predicted octanol–water partition coefficient (Wildman–Crippen LogP) is 3.75. The van der Waals surface area contributed by atoms with Gasteiger partial charge in [-0.05, 0) is 30.3 Å². The zero-order valence-electron chi connectivity index (χ0n) is 18.6. The van der Waals surface area contributed by atoms with Gasteiger partial charge >= 0.3 is 5.97 Å². The highest BCUT2D eigenvalue weighted by Gasteiger charge is 2.39. The average molecular weight is 480 g/mol. The number of ketones is 1. The van der Waals surface area contributed by atoms with Crippen LogP contribution in [0, 0.1) is 0 Å². The van der Waals surface area contributed by atoms with Gasteiger partial charge < -0.3 is 14.2 Å². The summed E-state index contributed by atoms with van der Waals surface area (Å²) in [6.07, 6.45) is 0. The molecule has 0 aromatic heterocycles. The van der Waals surface area contributed by atoms with Crippen LogP contribution in [0.15, 0.2) is 83.4 Å². The number of hydrogen-bond acceptors (Lipinski definition) is 7. The molecule has 0 N–H and O–H groups in total. The Morgan fingerprint density at radius 2 is 1.44 bits per heavy atom. The molecule has 1 aliphatic rings. The molecular weight excluding hydrogens is 458 g/mol. The summed E-state index contributed by atoms with van der Waals surface area (Å²) in [5, 5.41) is 0. The first kappa shape index (κ1) is 23.1. The fourth-order valence-electron chi connectivity index (χ4n) is 3.61. The van der Waals surface area contributed by atoms with E-state index in [0.29, 0.717) is 11.5 Å². The van der Waals surface area contributed by atoms with Crippen molar-refractivity contribution in [2.24, 2.45) is 0 Å². The van der Waals surface area contributed by atoms with Crippen LogP contribution in [0.4, 0.5) is 0 Å². The lowest BCUT2D eigenvalue weighted by molar-refractivity contribution is 0.0685. The van der Waals surface area contributed by atoms with Gasteiger partial charge in [0.2, 0.25) is 5.78 Å². The molecule has 9 heteroatoms. The van der Waals surface area contributed by atoms with E-state index in [2.05, 4.69) is 0 Å². The van der Waals surface area contributed by atoms with E-state index in [-0.39, 0.29) is 33.0 Å².